The van der Waals surface area contributed by atoms with Crippen molar-refractivity contribution in [1.82, 2.24) is 4.98 Å². The van der Waals surface area contributed by atoms with Crippen LogP contribution in [0.4, 0.5) is 0 Å². The molecule has 2 unspecified atom stereocenters. The summed E-state index contributed by atoms with van der Waals surface area (Å²) in [4.78, 5) is 4.76. The molecular formula is C14H19N3O2S. The van der Waals surface area contributed by atoms with Crippen LogP contribution in [0.15, 0.2) is 16.2 Å². The highest BCUT2D eigenvalue weighted by Crippen LogP contribution is 2.35. The average molecular weight is 293 g/mol. The van der Waals surface area contributed by atoms with E-state index in [0.29, 0.717) is 5.25 Å². The first kappa shape index (κ1) is 13.7. The van der Waals surface area contributed by atoms with Gasteiger partial charge in [0.05, 0.1) is 11.7 Å². The number of pyridine rings is 1. The van der Waals surface area contributed by atoms with Crippen LogP contribution in [0, 0.1) is 0 Å². The summed E-state index contributed by atoms with van der Waals surface area (Å²) < 4.78 is 5.60. The summed E-state index contributed by atoms with van der Waals surface area (Å²) in [5, 5.41) is 13.4. The highest BCUT2D eigenvalue weighted by atomic mass is 32.2. The second kappa shape index (κ2) is 5.61. The molecule has 1 aromatic rings. The van der Waals surface area contributed by atoms with Crippen LogP contribution in [-0.2, 0) is 17.6 Å². The Hall–Kier alpha value is -1.27. The predicted octanol–water partition coefficient (Wildman–Crippen LogP) is 1.93. The van der Waals surface area contributed by atoms with Crippen molar-refractivity contribution < 1.29 is 9.94 Å². The van der Waals surface area contributed by atoms with E-state index >= 15 is 0 Å². The van der Waals surface area contributed by atoms with E-state index in [9.17, 15) is 0 Å². The Morgan fingerprint density at radius 2 is 2.40 bits per heavy atom. The maximum Gasteiger partial charge on any atom is 0.172 e. The van der Waals surface area contributed by atoms with Crippen LogP contribution in [0.5, 0.6) is 0 Å². The quantitative estimate of drug-likeness (QED) is 0.385. The molecule has 0 saturated carbocycles. The summed E-state index contributed by atoms with van der Waals surface area (Å²) in [6.07, 6.45) is 4.42. The summed E-state index contributed by atoms with van der Waals surface area (Å²) in [7, 11) is 0. The number of ether oxygens (including phenoxy) is 1. The van der Waals surface area contributed by atoms with Gasteiger partial charge in [-0.15, -0.1) is 0 Å². The summed E-state index contributed by atoms with van der Waals surface area (Å²) in [6.45, 7) is 2.88. The number of thioether (sulfide) groups is 1. The zero-order chi connectivity index (χ0) is 14.1. The van der Waals surface area contributed by atoms with Gasteiger partial charge in [0.1, 0.15) is 5.03 Å². The Morgan fingerprint density at radius 1 is 1.55 bits per heavy atom. The topological polar surface area (TPSA) is 80.7 Å². The molecule has 2 atom stereocenters. The van der Waals surface area contributed by atoms with Gasteiger partial charge >= 0.3 is 0 Å². The van der Waals surface area contributed by atoms with Crippen molar-refractivity contribution in [2.24, 2.45) is 10.9 Å². The van der Waals surface area contributed by atoms with Crippen molar-refractivity contribution in [2.75, 3.05) is 6.61 Å². The average Bonchev–Trinajstić information content (AvgIpc) is 3.06. The first-order valence-corrected chi connectivity index (χ1v) is 7.86. The molecule has 1 fully saturated rings. The van der Waals surface area contributed by atoms with Crippen molar-refractivity contribution in [2.45, 2.75) is 49.0 Å². The molecule has 6 heteroatoms. The fourth-order valence-corrected chi connectivity index (χ4v) is 4.01. The van der Waals surface area contributed by atoms with E-state index in [-0.39, 0.29) is 11.9 Å². The monoisotopic (exact) mass is 293 g/mol. The number of amidine groups is 1. The Balaban J connectivity index is 1.95. The summed E-state index contributed by atoms with van der Waals surface area (Å²) in [5.74, 6) is 0.140. The minimum atomic E-state index is 0.140. The molecule has 1 aliphatic heterocycles. The van der Waals surface area contributed by atoms with Crippen LogP contribution in [0.25, 0.3) is 0 Å². The Kier molecular flexibility index (Phi) is 3.85. The molecular weight excluding hydrogens is 274 g/mol. The SMILES string of the molecule is CC1OCCC1Sc1nc2c(cc1C(N)=NO)CCC2. The van der Waals surface area contributed by atoms with Gasteiger partial charge in [-0.2, -0.15) is 0 Å². The van der Waals surface area contributed by atoms with Gasteiger partial charge in [0.15, 0.2) is 5.84 Å². The van der Waals surface area contributed by atoms with E-state index in [1.54, 1.807) is 11.8 Å². The summed E-state index contributed by atoms with van der Waals surface area (Å²) >= 11 is 1.69. The van der Waals surface area contributed by atoms with Crippen molar-refractivity contribution in [3.63, 3.8) is 0 Å². The Bertz CT molecular complexity index is 547. The summed E-state index contributed by atoms with van der Waals surface area (Å²) in [5.41, 5.74) is 8.95. The second-order valence-corrected chi connectivity index (χ2v) is 6.53. The van der Waals surface area contributed by atoms with Crippen LogP contribution in [0.1, 0.15) is 36.6 Å². The predicted molar refractivity (Wildman–Crippen MR) is 78.4 cm³/mol. The number of hydrogen-bond acceptors (Lipinski definition) is 5. The van der Waals surface area contributed by atoms with Gasteiger partial charge in [0.2, 0.25) is 0 Å². The number of aryl methyl sites for hydroxylation is 2. The number of hydrogen-bond donors (Lipinski definition) is 2. The van der Waals surface area contributed by atoms with Crippen LogP contribution in [-0.4, -0.2) is 34.0 Å². The molecule has 3 rings (SSSR count). The zero-order valence-corrected chi connectivity index (χ0v) is 12.3. The molecule has 5 nitrogen and oxygen atoms in total. The molecule has 2 heterocycles. The minimum absolute atomic E-state index is 0.140. The third-order valence-corrected chi connectivity index (χ3v) is 5.43. The van der Waals surface area contributed by atoms with Gasteiger partial charge in [-0.05, 0) is 44.2 Å². The van der Waals surface area contributed by atoms with E-state index in [1.165, 1.54) is 5.56 Å². The van der Waals surface area contributed by atoms with Crippen molar-refractivity contribution in [3.8, 4) is 0 Å². The molecule has 108 valence electrons. The standard InChI is InChI=1S/C14H19N3O2S/c1-8-12(5-6-19-8)20-14-10(13(15)17-18)7-9-3-2-4-11(9)16-14/h7-8,12,18H,2-6H2,1H3,(H2,15,17). The number of nitrogens with two attached hydrogens (primary N) is 1. The molecule has 3 N–H and O–H groups in total. The van der Waals surface area contributed by atoms with Gasteiger partial charge in [0, 0.05) is 17.6 Å². The van der Waals surface area contributed by atoms with Gasteiger partial charge in [-0.3, -0.25) is 0 Å². The van der Waals surface area contributed by atoms with Gasteiger partial charge in [-0.25, -0.2) is 4.98 Å². The number of fused-ring (bicyclic) bond motifs is 1. The summed E-state index contributed by atoms with van der Waals surface area (Å²) in [6, 6.07) is 2.03. The first-order chi connectivity index (χ1) is 9.69. The largest absolute Gasteiger partial charge is 0.409 e. The van der Waals surface area contributed by atoms with Crippen LogP contribution >= 0.6 is 11.8 Å². The lowest BCUT2D eigenvalue weighted by atomic mass is 10.1. The van der Waals surface area contributed by atoms with Crippen LogP contribution < -0.4 is 5.73 Å². The minimum Gasteiger partial charge on any atom is -0.409 e. The maximum absolute atomic E-state index is 8.98. The third kappa shape index (κ3) is 2.50. The highest BCUT2D eigenvalue weighted by molar-refractivity contribution is 8.00. The molecule has 1 aliphatic carbocycles. The molecule has 0 aromatic carbocycles. The van der Waals surface area contributed by atoms with E-state index in [1.807, 2.05) is 6.07 Å². The maximum atomic E-state index is 8.98. The fourth-order valence-electron chi connectivity index (χ4n) is 2.79. The van der Waals surface area contributed by atoms with Crippen molar-refractivity contribution >= 4 is 17.6 Å². The second-order valence-electron chi connectivity index (χ2n) is 5.31. The molecule has 0 spiro atoms. The lowest BCUT2D eigenvalue weighted by Crippen LogP contribution is -2.19. The lowest BCUT2D eigenvalue weighted by Gasteiger charge is -2.16. The molecule has 0 bridgehead atoms. The molecule has 2 aliphatic rings. The van der Waals surface area contributed by atoms with Crippen molar-refractivity contribution in [3.05, 3.63) is 22.9 Å². The molecule has 1 aromatic heterocycles. The smallest absolute Gasteiger partial charge is 0.172 e. The molecule has 0 amide bonds. The van der Waals surface area contributed by atoms with E-state index in [4.69, 9.17) is 20.7 Å². The Morgan fingerprint density at radius 3 is 3.10 bits per heavy atom. The van der Waals surface area contributed by atoms with Crippen LogP contribution in [0.2, 0.25) is 0 Å². The lowest BCUT2D eigenvalue weighted by molar-refractivity contribution is 0.127. The van der Waals surface area contributed by atoms with E-state index in [2.05, 4.69) is 12.1 Å². The molecule has 0 radical (unpaired) electrons. The Labute approximate surface area is 122 Å². The number of nitrogens with zero attached hydrogens (tertiary/aromatic N) is 2. The van der Waals surface area contributed by atoms with E-state index < -0.39 is 0 Å². The number of oxime groups is 1. The highest BCUT2D eigenvalue weighted by Gasteiger charge is 2.28. The van der Waals surface area contributed by atoms with E-state index in [0.717, 1.165) is 48.6 Å². The fraction of sp³-hybridized carbons (Fsp3) is 0.571. The zero-order valence-electron chi connectivity index (χ0n) is 11.5. The number of aromatic nitrogens is 1. The molecule has 20 heavy (non-hydrogen) atoms. The number of rotatable bonds is 3. The van der Waals surface area contributed by atoms with Crippen LogP contribution in [0.3, 0.4) is 0 Å². The van der Waals surface area contributed by atoms with Gasteiger partial charge < -0.3 is 15.7 Å². The molecule has 1 saturated heterocycles. The third-order valence-electron chi connectivity index (χ3n) is 3.97. The van der Waals surface area contributed by atoms with Gasteiger partial charge in [0.25, 0.3) is 0 Å². The van der Waals surface area contributed by atoms with Gasteiger partial charge in [-0.1, -0.05) is 16.9 Å². The van der Waals surface area contributed by atoms with Crippen molar-refractivity contribution in [1.29, 1.82) is 0 Å². The first-order valence-electron chi connectivity index (χ1n) is 6.98. The normalized spacial score (nSPS) is 25.9.